The minimum absolute atomic E-state index is 0. The number of hydrogen-bond donors (Lipinski definition) is 2. The number of nitrogens with one attached hydrogen (secondary N) is 1. The maximum Gasteiger partial charge on any atom is 0.194 e. The Balaban J connectivity index is 0.00000176. The van der Waals surface area contributed by atoms with Crippen LogP contribution in [0.25, 0.3) is 11.1 Å². The average molecular weight is 318 g/mol. The normalized spacial score (nSPS) is 12.0. The fraction of sp³-hybridized carbons (Fsp3) is 0.278. The molecular weight excluding hydrogens is 298 g/mol. The van der Waals surface area contributed by atoms with Crippen LogP contribution in [0.4, 0.5) is 0 Å². The molecule has 0 spiro atoms. The van der Waals surface area contributed by atoms with Gasteiger partial charge in [-0.15, -0.1) is 0 Å². The molecule has 0 unspecified atom stereocenters. The van der Waals surface area contributed by atoms with Crippen molar-refractivity contribution < 1.29 is 27.2 Å². The Bertz CT molecular complexity index is 708. The lowest BCUT2D eigenvalue weighted by Gasteiger charge is -2.16. The first kappa shape index (κ1) is 16.5. The van der Waals surface area contributed by atoms with Gasteiger partial charge in [0.1, 0.15) is 12.3 Å². The van der Waals surface area contributed by atoms with E-state index in [4.69, 9.17) is 0 Å². The molecule has 1 aliphatic rings. The maximum absolute atomic E-state index is 12.5. The van der Waals surface area contributed by atoms with Crippen LogP contribution in [0.2, 0.25) is 0 Å². The quantitative estimate of drug-likeness (QED) is 0.650. The highest BCUT2D eigenvalue weighted by Crippen LogP contribution is 2.39. The molecule has 0 amide bonds. The third-order valence-electron chi connectivity index (χ3n) is 4.37. The number of halogens is 1. The van der Waals surface area contributed by atoms with Crippen molar-refractivity contribution in [3.8, 4) is 16.9 Å². The molecule has 0 radical (unpaired) electrons. The molecule has 3 rings (SSSR count). The Morgan fingerprint density at radius 3 is 2.23 bits per heavy atom. The molecule has 2 N–H and O–H groups in total. The summed E-state index contributed by atoms with van der Waals surface area (Å²) >= 11 is 0. The summed E-state index contributed by atoms with van der Waals surface area (Å²) in [6, 6.07) is 11.2. The number of benzene rings is 2. The Morgan fingerprint density at radius 2 is 1.59 bits per heavy atom. The third kappa shape index (κ3) is 2.62. The summed E-state index contributed by atoms with van der Waals surface area (Å²) < 4.78 is 0. The van der Waals surface area contributed by atoms with E-state index in [9.17, 15) is 9.90 Å². The zero-order valence-electron chi connectivity index (χ0n) is 12.8. The molecule has 4 heteroatoms. The summed E-state index contributed by atoms with van der Waals surface area (Å²) in [5.74, 6) is 0.356. The number of aromatic hydroxyl groups is 1. The van der Waals surface area contributed by atoms with Crippen LogP contribution in [-0.4, -0.2) is 24.0 Å². The van der Waals surface area contributed by atoms with Crippen molar-refractivity contribution in [1.82, 2.24) is 0 Å². The topological polar surface area (TPSA) is 41.7 Å². The van der Waals surface area contributed by atoms with Crippen molar-refractivity contribution in [2.45, 2.75) is 20.4 Å². The van der Waals surface area contributed by atoms with Gasteiger partial charge in [0.25, 0.3) is 0 Å². The number of quaternary nitrogens is 1. The maximum atomic E-state index is 12.5. The molecule has 0 aliphatic heterocycles. The van der Waals surface area contributed by atoms with E-state index in [1.54, 1.807) is 6.07 Å². The van der Waals surface area contributed by atoms with Crippen LogP contribution in [0.5, 0.6) is 5.75 Å². The van der Waals surface area contributed by atoms with Crippen LogP contribution in [0, 0.1) is 0 Å². The van der Waals surface area contributed by atoms with Crippen LogP contribution in [0.1, 0.15) is 35.3 Å². The molecule has 0 fully saturated rings. The SMILES string of the molecule is CC[NH+](CC)Cc1cc2c(cc1O)-c1ccccc1C2=O.[Cl-]. The number of ketones is 1. The predicted molar refractivity (Wildman–Crippen MR) is 82.7 cm³/mol. The first-order valence-electron chi connectivity index (χ1n) is 7.49. The van der Waals surface area contributed by atoms with E-state index in [0.717, 1.165) is 47.5 Å². The van der Waals surface area contributed by atoms with Gasteiger partial charge in [-0.1, -0.05) is 24.3 Å². The molecule has 3 nitrogen and oxygen atoms in total. The van der Waals surface area contributed by atoms with Gasteiger partial charge in [0.05, 0.1) is 13.1 Å². The van der Waals surface area contributed by atoms with Gasteiger partial charge in [-0.25, -0.2) is 0 Å². The lowest BCUT2D eigenvalue weighted by Crippen LogP contribution is -3.10. The molecule has 116 valence electrons. The lowest BCUT2D eigenvalue weighted by atomic mass is 10.0. The zero-order valence-corrected chi connectivity index (χ0v) is 13.6. The van der Waals surface area contributed by atoms with Gasteiger partial charge in [0, 0.05) is 16.7 Å². The summed E-state index contributed by atoms with van der Waals surface area (Å²) in [7, 11) is 0. The smallest absolute Gasteiger partial charge is 0.194 e. The number of fused-ring (bicyclic) bond motifs is 3. The molecule has 0 bridgehead atoms. The second-order valence-corrected chi connectivity index (χ2v) is 5.54. The highest BCUT2D eigenvalue weighted by Gasteiger charge is 2.28. The van der Waals surface area contributed by atoms with Crippen LogP contribution in [0.15, 0.2) is 36.4 Å². The molecule has 0 saturated heterocycles. The van der Waals surface area contributed by atoms with Gasteiger partial charge in [0.2, 0.25) is 0 Å². The van der Waals surface area contributed by atoms with Crippen molar-refractivity contribution in [2.75, 3.05) is 13.1 Å². The van der Waals surface area contributed by atoms with E-state index in [1.807, 2.05) is 30.3 Å². The summed E-state index contributed by atoms with van der Waals surface area (Å²) in [5, 5.41) is 10.3. The zero-order chi connectivity index (χ0) is 15.0. The van der Waals surface area contributed by atoms with E-state index in [2.05, 4.69) is 13.8 Å². The second kappa shape index (κ2) is 6.51. The first-order chi connectivity index (χ1) is 10.2. The number of rotatable bonds is 4. The fourth-order valence-electron chi connectivity index (χ4n) is 3.02. The van der Waals surface area contributed by atoms with E-state index >= 15 is 0 Å². The van der Waals surface area contributed by atoms with Gasteiger partial charge in [-0.05, 0) is 37.1 Å². The third-order valence-corrected chi connectivity index (χ3v) is 4.37. The Labute approximate surface area is 137 Å². The Morgan fingerprint density at radius 1 is 0.955 bits per heavy atom. The van der Waals surface area contributed by atoms with E-state index in [1.165, 1.54) is 4.90 Å². The molecule has 0 atom stereocenters. The molecule has 2 aromatic rings. The van der Waals surface area contributed by atoms with Gasteiger partial charge in [0.15, 0.2) is 5.78 Å². The second-order valence-electron chi connectivity index (χ2n) is 5.54. The molecule has 1 aliphatic carbocycles. The van der Waals surface area contributed by atoms with Crippen molar-refractivity contribution in [1.29, 1.82) is 0 Å². The number of carbonyl (C=O) groups is 1. The number of phenols is 1. The van der Waals surface area contributed by atoms with Crippen molar-refractivity contribution >= 4 is 5.78 Å². The Kier molecular flexibility index (Phi) is 4.89. The summed E-state index contributed by atoms with van der Waals surface area (Å²) in [6.07, 6.45) is 0. The van der Waals surface area contributed by atoms with Gasteiger partial charge in [-0.3, -0.25) is 4.79 Å². The van der Waals surface area contributed by atoms with Crippen LogP contribution in [-0.2, 0) is 6.54 Å². The lowest BCUT2D eigenvalue weighted by molar-refractivity contribution is -0.910. The van der Waals surface area contributed by atoms with Crippen LogP contribution < -0.4 is 17.3 Å². The summed E-state index contributed by atoms with van der Waals surface area (Å²) in [4.78, 5) is 13.9. The average Bonchev–Trinajstić information content (AvgIpc) is 2.78. The van der Waals surface area contributed by atoms with Gasteiger partial charge < -0.3 is 22.4 Å². The molecular formula is C18H20ClNO2. The molecule has 0 saturated carbocycles. The van der Waals surface area contributed by atoms with Crippen LogP contribution in [0.3, 0.4) is 0 Å². The highest BCUT2D eigenvalue weighted by molar-refractivity contribution is 6.21. The van der Waals surface area contributed by atoms with Gasteiger partial charge in [-0.2, -0.15) is 0 Å². The van der Waals surface area contributed by atoms with Gasteiger partial charge >= 0.3 is 0 Å². The standard InChI is InChI=1S/C18H19NO2.ClH/c1-3-19(4-2)11-12-9-16-15(10-17(12)20)13-7-5-6-8-14(13)18(16)21;/h5-10,20H,3-4,11H2,1-2H3;1H. The van der Waals surface area contributed by atoms with Crippen molar-refractivity contribution in [3.05, 3.63) is 53.1 Å². The van der Waals surface area contributed by atoms with E-state index in [-0.39, 0.29) is 23.9 Å². The molecule has 0 aromatic heterocycles. The number of phenolic OH excluding ortho intramolecular Hbond substituents is 1. The molecule has 22 heavy (non-hydrogen) atoms. The van der Waals surface area contributed by atoms with E-state index in [0.29, 0.717) is 0 Å². The first-order valence-corrected chi connectivity index (χ1v) is 7.49. The van der Waals surface area contributed by atoms with Crippen molar-refractivity contribution in [3.63, 3.8) is 0 Å². The predicted octanol–water partition coefficient (Wildman–Crippen LogP) is -0.968. The molecule has 2 aromatic carbocycles. The fourth-order valence-corrected chi connectivity index (χ4v) is 3.02. The highest BCUT2D eigenvalue weighted by atomic mass is 35.5. The van der Waals surface area contributed by atoms with Crippen LogP contribution >= 0.6 is 0 Å². The molecule has 0 heterocycles. The number of carbonyl (C=O) groups excluding carboxylic acids is 1. The monoisotopic (exact) mass is 317 g/mol. The summed E-state index contributed by atoms with van der Waals surface area (Å²) in [5.41, 5.74) is 4.09. The van der Waals surface area contributed by atoms with Crippen molar-refractivity contribution in [2.24, 2.45) is 0 Å². The minimum Gasteiger partial charge on any atom is -1.00 e. The number of hydrogen-bond acceptors (Lipinski definition) is 2. The largest absolute Gasteiger partial charge is 1.00 e. The summed E-state index contributed by atoms with van der Waals surface area (Å²) in [6.45, 7) is 7.01. The Hall–Kier alpha value is -1.84. The van der Waals surface area contributed by atoms with E-state index < -0.39 is 0 Å². The minimum atomic E-state index is 0.